The highest BCUT2D eigenvalue weighted by molar-refractivity contribution is 5.61. The molecule has 0 spiro atoms. The van der Waals surface area contributed by atoms with Crippen molar-refractivity contribution in [3.63, 3.8) is 0 Å². The molecule has 1 aromatic carbocycles. The first-order valence-electron chi connectivity index (χ1n) is 5.18. The Kier molecular flexibility index (Phi) is 3.18. The molecular weight excluding hydrogens is 223 g/mol. The van der Waals surface area contributed by atoms with Crippen LogP contribution < -0.4 is 10.4 Å². The number of hydrogen-bond donors (Lipinski definition) is 1. The third-order valence-electron chi connectivity index (χ3n) is 2.20. The van der Waals surface area contributed by atoms with Crippen LogP contribution >= 0.6 is 0 Å². The first-order valence-corrected chi connectivity index (χ1v) is 5.18. The molecule has 0 radical (unpaired) electrons. The fourth-order valence-electron chi connectivity index (χ4n) is 1.50. The van der Waals surface area contributed by atoms with Crippen LogP contribution in [0.15, 0.2) is 35.3 Å². The molecule has 0 aliphatic carbocycles. The van der Waals surface area contributed by atoms with E-state index in [0.717, 1.165) is 6.20 Å². The van der Waals surface area contributed by atoms with E-state index in [1.54, 1.807) is 24.3 Å². The van der Waals surface area contributed by atoms with Crippen LogP contribution in [-0.4, -0.2) is 16.6 Å². The molecule has 0 bridgehead atoms. The van der Waals surface area contributed by atoms with Gasteiger partial charge in [-0.2, -0.15) is 4.98 Å². The van der Waals surface area contributed by atoms with Gasteiger partial charge in [0.2, 0.25) is 0 Å². The summed E-state index contributed by atoms with van der Waals surface area (Å²) in [7, 11) is 0. The third-order valence-corrected chi connectivity index (χ3v) is 2.20. The Morgan fingerprint density at radius 3 is 3.06 bits per heavy atom. The molecule has 5 heteroatoms. The van der Waals surface area contributed by atoms with Gasteiger partial charge >= 0.3 is 5.69 Å². The molecule has 2 rings (SSSR count). The molecule has 1 N–H and O–H groups in total. The first-order chi connectivity index (χ1) is 8.20. The molecular formula is C12H11FN2O2. The number of nitrogens with zero attached hydrogens (tertiary/aromatic N) is 1. The zero-order valence-corrected chi connectivity index (χ0v) is 9.24. The second-order valence-corrected chi connectivity index (χ2v) is 3.37. The van der Waals surface area contributed by atoms with Crippen LogP contribution in [0, 0.1) is 5.82 Å². The summed E-state index contributed by atoms with van der Waals surface area (Å²) in [5, 5.41) is 0. The summed E-state index contributed by atoms with van der Waals surface area (Å²) in [6, 6.07) is 6.86. The number of ether oxygens (including phenoxy) is 1. The molecule has 17 heavy (non-hydrogen) atoms. The van der Waals surface area contributed by atoms with Crippen LogP contribution in [0.3, 0.4) is 0 Å². The number of hydrogen-bond acceptors (Lipinski definition) is 3. The minimum atomic E-state index is -0.580. The molecule has 0 saturated carbocycles. The molecule has 0 unspecified atom stereocenters. The smallest absolute Gasteiger partial charge is 0.345 e. The zero-order valence-electron chi connectivity index (χ0n) is 9.24. The molecule has 0 aliphatic heterocycles. The van der Waals surface area contributed by atoms with E-state index in [0.29, 0.717) is 17.9 Å². The Morgan fingerprint density at radius 1 is 1.47 bits per heavy atom. The number of benzene rings is 1. The van der Waals surface area contributed by atoms with Crippen LogP contribution in [0.25, 0.3) is 11.3 Å². The Hall–Kier alpha value is -2.17. The molecule has 88 valence electrons. The van der Waals surface area contributed by atoms with Crippen molar-refractivity contribution in [2.45, 2.75) is 6.92 Å². The monoisotopic (exact) mass is 234 g/mol. The fraction of sp³-hybridized carbons (Fsp3) is 0.167. The van der Waals surface area contributed by atoms with Gasteiger partial charge in [-0.15, -0.1) is 0 Å². The summed E-state index contributed by atoms with van der Waals surface area (Å²) in [4.78, 5) is 16.7. The minimum Gasteiger partial charge on any atom is -0.494 e. The topological polar surface area (TPSA) is 55.0 Å². The molecule has 0 saturated heterocycles. The molecule has 0 fully saturated rings. The van der Waals surface area contributed by atoms with E-state index in [-0.39, 0.29) is 5.69 Å². The van der Waals surface area contributed by atoms with Crippen molar-refractivity contribution in [1.29, 1.82) is 0 Å². The maximum Gasteiger partial charge on any atom is 0.345 e. The van der Waals surface area contributed by atoms with Crippen molar-refractivity contribution in [3.05, 3.63) is 46.8 Å². The zero-order chi connectivity index (χ0) is 12.3. The Labute approximate surface area is 97.1 Å². The summed E-state index contributed by atoms with van der Waals surface area (Å²) >= 11 is 0. The van der Waals surface area contributed by atoms with Crippen molar-refractivity contribution in [2.24, 2.45) is 0 Å². The summed E-state index contributed by atoms with van der Waals surface area (Å²) in [6.07, 6.45) is 0.904. The molecule has 0 aliphatic rings. The fourth-order valence-corrected chi connectivity index (χ4v) is 1.50. The predicted molar refractivity (Wildman–Crippen MR) is 61.4 cm³/mol. The van der Waals surface area contributed by atoms with Crippen LogP contribution in [-0.2, 0) is 0 Å². The van der Waals surface area contributed by atoms with Crippen LogP contribution in [0.4, 0.5) is 4.39 Å². The van der Waals surface area contributed by atoms with Gasteiger partial charge in [-0.3, -0.25) is 0 Å². The molecule has 0 atom stereocenters. The molecule has 1 heterocycles. The standard InChI is InChI=1S/C12H11FN2O2/c1-2-17-9-5-3-4-8(6-9)11-10(13)7-14-12(16)15-11/h3-7H,2H2,1H3,(H,14,15,16). The highest BCUT2D eigenvalue weighted by atomic mass is 19.1. The third kappa shape index (κ3) is 2.50. The van der Waals surface area contributed by atoms with Crippen molar-refractivity contribution < 1.29 is 9.13 Å². The average molecular weight is 234 g/mol. The lowest BCUT2D eigenvalue weighted by Gasteiger charge is -2.06. The van der Waals surface area contributed by atoms with Crippen LogP contribution in [0.1, 0.15) is 6.92 Å². The van der Waals surface area contributed by atoms with Gasteiger partial charge in [-0.1, -0.05) is 12.1 Å². The van der Waals surface area contributed by atoms with Crippen LogP contribution in [0.5, 0.6) is 5.75 Å². The van der Waals surface area contributed by atoms with Gasteiger partial charge in [0.25, 0.3) is 0 Å². The molecule has 0 amide bonds. The van der Waals surface area contributed by atoms with E-state index in [9.17, 15) is 9.18 Å². The number of aromatic amines is 1. The maximum atomic E-state index is 13.5. The van der Waals surface area contributed by atoms with Gasteiger partial charge in [-0.25, -0.2) is 9.18 Å². The number of aromatic nitrogens is 2. The van der Waals surface area contributed by atoms with E-state index in [4.69, 9.17) is 4.74 Å². The van der Waals surface area contributed by atoms with Crippen LogP contribution in [0.2, 0.25) is 0 Å². The average Bonchev–Trinajstić information content (AvgIpc) is 2.33. The summed E-state index contributed by atoms with van der Waals surface area (Å²) in [5.74, 6) is 0.0558. The van der Waals surface area contributed by atoms with Gasteiger partial charge in [0, 0.05) is 5.56 Å². The number of nitrogens with one attached hydrogen (secondary N) is 1. The Morgan fingerprint density at radius 2 is 2.29 bits per heavy atom. The maximum absolute atomic E-state index is 13.5. The predicted octanol–water partition coefficient (Wildman–Crippen LogP) is 1.97. The summed E-state index contributed by atoms with van der Waals surface area (Å²) < 4.78 is 18.8. The lowest BCUT2D eigenvalue weighted by atomic mass is 10.1. The molecule has 4 nitrogen and oxygen atoms in total. The summed E-state index contributed by atoms with van der Waals surface area (Å²) in [5.41, 5.74) is 0.0858. The van der Waals surface area contributed by atoms with Gasteiger partial charge in [-0.05, 0) is 19.1 Å². The van der Waals surface area contributed by atoms with Crippen molar-refractivity contribution in [2.75, 3.05) is 6.61 Å². The van der Waals surface area contributed by atoms with Crippen molar-refractivity contribution in [1.82, 2.24) is 9.97 Å². The molecule has 2 aromatic rings. The lowest BCUT2D eigenvalue weighted by Crippen LogP contribution is -2.11. The molecule has 1 aromatic heterocycles. The quantitative estimate of drug-likeness (QED) is 0.883. The highest BCUT2D eigenvalue weighted by Crippen LogP contribution is 2.23. The summed E-state index contributed by atoms with van der Waals surface area (Å²) in [6.45, 7) is 2.39. The largest absolute Gasteiger partial charge is 0.494 e. The Bertz CT molecular complexity index is 581. The second kappa shape index (κ2) is 4.78. The Balaban J connectivity index is 2.48. The van der Waals surface area contributed by atoms with Gasteiger partial charge in [0.15, 0.2) is 5.82 Å². The number of H-pyrrole nitrogens is 1. The second-order valence-electron chi connectivity index (χ2n) is 3.37. The number of rotatable bonds is 3. The van der Waals surface area contributed by atoms with E-state index in [1.807, 2.05) is 6.92 Å². The van der Waals surface area contributed by atoms with E-state index >= 15 is 0 Å². The minimum absolute atomic E-state index is 0.117. The van der Waals surface area contributed by atoms with E-state index in [1.165, 1.54) is 0 Å². The van der Waals surface area contributed by atoms with E-state index < -0.39 is 11.5 Å². The van der Waals surface area contributed by atoms with Gasteiger partial charge < -0.3 is 9.72 Å². The SMILES string of the molecule is CCOc1cccc(-c2[nH]c(=O)ncc2F)c1. The first kappa shape index (κ1) is 11.3. The van der Waals surface area contributed by atoms with Gasteiger partial charge in [0.1, 0.15) is 5.75 Å². The van der Waals surface area contributed by atoms with Gasteiger partial charge in [0.05, 0.1) is 18.5 Å². The number of halogens is 1. The van der Waals surface area contributed by atoms with E-state index in [2.05, 4.69) is 9.97 Å². The lowest BCUT2D eigenvalue weighted by molar-refractivity contribution is 0.340. The van der Waals surface area contributed by atoms with Crippen molar-refractivity contribution >= 4 is 0 Å². The van der Waals surface area contributed by atoms with Crippen molar-refractivity contribution in [3.8, 4) is 17.0 Å². The normalized spacial score (nSPS) is 10.2. The highest BCUT2D eigenvalue weighted by Gasteiger charge is 2.07.